The molecule has 0 aliphatic carbocycles. The van der Waals surface area contributed by atoms with Crippen LogP contribution in [0.15, 0.2) is 103 Å². The minimum Gasteiger partial charge on any atom is -0.508 e. The molecule has 2 aliphatic heterocycles. The zero-order chi connectivity index (χ0) is 40.7. The molecule has 1 fully saturated rings. The first-order valence-corrected chi connectivity index (χ1v) is 19.6. The Morgan fingerprint density at radius 1 is 0.724 bits per heavy atom. The number of amides is 5. The quantitative estimate of drug-likeness (QED) is 0.148. The topological polar surface area (TPSA) is 187 Å². The van der Waals surface area contributed by atoms with Crippen LogP contribution in [0.5, 0.6) is 11.5 Å². The number of nitrogens with zero attached hydrogens (tertiary/aromatic N) is 1. The van der Waals surface area contributed by atoms with Gasteiger partial charge in [0.2, 0.25) is 23.6 Å². The Morgan fingerprint density at radius 3 is 2.17 bits per heavy atom. The number of phenols is 1. The van der Waals surface area contributed by atoms with Gasteiger partial charge < -0.3 is 41.2 Å². The highest BCUT2D eigenvalue weighted by molar-refractivity contribution is 6.01. The Hall–Kier alpha value is -6.25. The lowest BCUT2D eigenvalue weighted by atomic mass is 10.0. The summed E-state index contributed by atoms with van der Waals surface area (Å²) in [5, 5.41) is 24.0. The summed E-state index contributed by atoms with van der Waals surface area (Å²) in [5.74, 6) is -2.67. The van der Waals surface area contributed by atoms with Crippen molar-refractivity contribution in [3.63, 3.8) is 0 Å². The first-order chi connectivity index (χ1) is 28.2. The normalized spacial score (nSPS) is 20.1. The predicted octanol–water partition coefficient (Wildman–Crippen LogP) is 2.38. The van der Waals surface area contributed by atoms with E-state index in [2.05, 4.69) is 31.5 Å². The molecule has 4 aromatic rings. The summed E-state index contributed by atoms with van der Waals surface area (Å²) < 4.78 is 11.4. The van der Waals surface area contributed by atoms with Crippen molar-refractivity contribution in [1.29, 1.82) is 0 Å². The lowest BCUT2D eigenvalue weighted by Crippen LogP contribution is -2.56. The highest BCUT2D eigenvalue weighted by Gasteiger charge is 2.31. The lowest BCUT2D eigenvalue weighted by molar-refractivity contribution is -0.133. The predicted molar refractivity (Wildman–Crippen MR) is 216 cm³/mol. The van der Waals surface area contributed by atoms with Crippen molar-refractivity contribution < 1.29 is 38.6 Å². The molecule has 3 atom stereocenters. The van der Waals surface area contributed by atoms with Crippen molar-refractivity contribution in [1.82, 2.24) is 31.5 Å². The first-order valence-electron chi connectivity index (χ1n) is 19.6. The number of benzene rings is 4. The number of rotatable bonds is 9. The summed E-state index contributed by atoms with van der Waals surface area (Å²) >= 11 is 0. The standard InChI is InChI=1S/C44H50N6O8/c51-34-16-14-31(15-17-34)26-37-44(56)49-36(25-30-8-2-1-3-9-30)42(54)45-18-7-21-58-39-13-5-4-12-35(39)41(53)48-38(27-40(52)47-37)43(55)46-28-32-10-6-11-33(24-32)29-50-19-22-57-23-20-50/h1-6,8-17,24,36-38,51H,7,18-23,25-29H2,(H,45,54)(H,46,55)(H,47,52)(H,48,53)(H,49,56)/t36-,37-,38-/m0/s1. The number of nitrogens with one attached hydrogen (secondary N) is 5. The van der Waals surface area contributed by atoms with E-state index in [1.807, 2.05) is 54.6 Å². The van der Waals surface area contributed by atoms with Crippen LogP contribution in [-0.4, -0.2) is 97.1 Å². The molecule has 5 amide bonds. The SMILES string of the molecule is O=C1C[C@@H](C(=O)NCc2cccc(CN3CCOCC3)c2)NC(=O)c2ccccc2OCCCNC(=O)[C@H](Cc2ccccc2)NC(=O)[C@H](Cc2ccc(O)cc2)N1. The second kappa shape index (κ2) is 20.8. The van der Waals surface area contributed by atoms with E-state index in [1.54, 1.807) is 36.4 Å². The van der Waals surface area contributed by atoms with Gasteiger partial charge in [0.25, 0.3) is 5.91 Å². The van der Waals surface area contributed by atoms with Crippen LogP contribution in [-0.2, 0) is 49.8 Å². The van der Waals surface area contributed by atoms with Crippen molar-refractivity contribution in [3.05, 3.63) is 131 Å². The Labute approximate surface area is 337 Å². The van der Waals surface area contributed by atoms with Gasteiger partial charge in [-0.05, 0) is 52.9 Å². The van der Waals surface area contributed by atoms with Gasteiger partial charge in [0.1, 0.15) is 29.6 Å². The maximum Gasteiger partial charge on any atom is 0.255 e. The minimum atomic E-state index is -1.34. The molecule has 0 radical (unpaired) electrons. The molecular weight excluding hydrogens is 741 g/mol. The van der Waals surface area contributed by atoms with Gasteiger partial charge >= 0.3 is 0 Å². The molecule has 14 heteroatoms. The Balaban J connectivity index is 1.25. The molecule has 2 heterocycles. The van der Waals surface area contributed by atoms with E-state index in [0.29, 0.717) is 25.2 Å². The van der Waals surface area contributed by atoms with Crippen LogP contribution in [0.2, 0.25) is 0 Å². The number of carbonyl (C=O) groups is 5. The summed E-state index contributed by atoms with van der Waals surface area (Å²) in [7, 11) is 0. The van der Waals surface area contributed by atoms with Gasteiger partial charge in [-0.25, -0.2) is 0 Å². The monoisotopic (exact) mass is 790 g/mol. The molecule has 0 spiro atoms. The molecule has 304 valence electrons. The van der Waals surface area contributed by atoms with Crippen LogP contribution in [0.25, 0.3) is 0 Å². The Kier molecular flexibility index (Phi) is 14.8. The summed E-state index contributed by atoms with van der Waals surface area (Å²) in [5.41, 5.74) is 3.52. The fourth-order valence-electron chi connectivity index (χ4n) is 6.83. The van der Waals surface area contributed by atoms with Crippen LogP contribution >= 0.6 is 0 Å². The number of phenolic OH excluding ortho intramolecular Hbond substituents is 1. The van der Waals surface area contributed by atoms with Gasteiger partial charge in [0.05, 0.1) is 31.8 Å². The zero-order valence-electron chi connectivity index (χ0n) is 32.3. The number of morpholine rings is 1. The first kappa shape index (κ1) is 41.4. The van der Waals surface area contributed by atoms with Crippen LogP contribution in [0.3, 0.4) is 0 Å². The molecule has 0 saturated carbocycles. The van der Waals surface area contributed by atoms with E-state index in [1.165, 1.54) is 12.1 Å². The smallest absolute Gasteiger partial charge is 0.255 e. The molecule has 58 heavy (non-hydrogen) atoms. The van der Waals surface area contributed by atoms with Crippen molar-refractivity contribution in [2.24, 2.45) is 0 Å². The molecule has 1 saturated heterocycles. The van der Waals surface area contributed by atoms with Crippen molar-refractivity contribution in [2.75, 3.05) is 39.5 Å². The molecule has 0 bridgehead atoms. The van der Waals surface area contributed by atoms with Gasteiger partial charge in [-0.15, -0.1) is 0 Å². The van der Waals surface area contributed by atoms with Gasteiger partial charge in [0.15, 0.2) is 0 Å². The molecular formula is C44H50N6O8. The number of hydrogen-bond acceptors (Lipinski definition) is 9. The highest BCUT2D eigenvalue weighted by atomic mass is 16.5. The number of ether oxygens (including phenoxy) is 2. The van der Waals surface area contributed by atoms with Crippen molar-refractivity contribution >= 4 is 29.5 Å². The maximum atomic E-state index is 14.1. The summed E-state index contributed by atoms with van der Waals surface area (Å²) in [6.07, 6.45) is 0.0791. The number of fused-ring (bicyclic) bond motifs is 1. The van der Waals surface area contributed by atoms with Gasteiger partial charge in [-0.3, -0.25) is 28.9 Å². The van der Waals surface area contributed by atoms with Gasteiger partial charge in [-0.1, -0.05) is 78.9 Å². The number of para-hydroxylation sites is 1. The number of carbonyl (C=O) groups excluding carboxylic acids is 5. The van der Waals surface area contributed by atoms with E-state index < -0.39 is 54.1 Å². The van der Waals surface area contributed by atoms with Crippen LogP contribution in [0.1, 0.15) is 45.5 Å². The minimum absolute atomic E-state index is 0.00621. The summed E-state index contributed by atoms with van der Waals surface area (Å²) in [4.78, 5) is 71.5. The third-order valence-electron chi connectivity index (χ3n) is 9.93. The van der Waals surface area contributed by atoms with Crippen molar-refractivity contribution in [3.8, 4) is 11.5 Å². The molecule has 0 aromatic heterocycles. The largest absolute Gasteiger partial charge is 0.508 e. The third kappa shape index (κ3) is 12.4. The third-order valence-corrected chi connectivity index (χ3v) is 9.93. The fraction of sp³-hybridized carbons (Fsp3) is 0.341. The highest BCUT2D eigenvalue weighted by Crippen LogP contribution is 2.19. The average molecular weight is 791 g/mol. The summed E-state index contributed by atoms with van der Waals surface area (Å²) in [6, 6.07) is 26.4. The van der Waals surface area contributed by atoms with Gasteiger partial charge in [-0.2, -0.15) is 0 Å². The average Bonchev–Trinajstić information content (AvgIpc) is 3.23. The molecule has 6 N–H and O–H groups in total. The van der Waals surface area contributed by atoms with E-state index in [9.17, 15) is 29.1 Å². The molecule has 14 nitrogen and oxygen atoms in total. The maximum absolute atomic E-state index is 14.1. The van der Waals surface area contributed by atoms with E-state index in [4.69, 9.17) is 9.47 Å². The zero-order valence-corrected chi connectivity index (χ0v) is 32.3. The summed E-state index contributed by atoms with van der Waals surface area (Å²) in [6.45, 7) is 4.29. The van der Waals surface area contributed by atoms with E-state index in [-0.39, 0.29) is 49.6 Å². The second-order valence-electron chi connectivity index (χ2n) is 14.4. The van der Waals surface area contributed by atoms with Crippen molar-refractivity contribution in [2.45, 2.75) is 56.9 Å². The van der Waals surface area contributed by atoms with E-state index in [0.717, 1.165) is 36.3 Å². The molecule has 2 aliphatic rings. The molecule has 0 unspecified atom stereocenters. The Morgan fingerprint density at radius 2 is 1.40 bits per heavy atom. The molecule has 4 aromatic carbocycles. The number of aromatic hydroxyl groups is 1. The van der Waals surface area contributed by atoms with Crippen LogP contribution in [0, 0.1) is 0 Å². The van der Waals surface area contributed by atoms with Crippen LogP contribution in [0.4, 0.5) is 0 Å². The van der Waals surface area contributed by atoms with E-state index >= 15 is 0 Å². The Bertz CT molecular complexity index is 2020. The lowest BCUT2D eigenvalue weighted by Gasteiger charge is -2.26. The van der Waals surface area contributed by atoms with Gasteiger partial charge in [0, 0.05) is 45.6 Å². The molecule has 6 rings (SSSR count). The second-order valence-corrected chi connectivity index (χ2v) is 14.4. The van der Waals surface area contributed by atoms with Crippen LogP contribution < -0.4 is 31.3 Å². The fourth-order valence-corrected chi connectivity index (χ4v) is 6.83. The number of hydrogen-bond donors (Lipinski definition) is 6.